The van der Waals surface area contributed by atoms with Crippen LogP contribution in [0.1, 0.15) is 0 Å². The summed E-state index contributed by atoms with van der Waals surface area (Å²) in [5, 5.41) is 5.06. The SMILES string of the molecule is COc1cccc(NC(=O)NC2CS(=O)(=O)C2)n1. The molecule has 0 aliphatic carbocycles. The highest BCUT2D eigenvalue weighted by molar-refractivity contribution is 7.92. The highest BCUT2D eigenvalue weighted by Gasteiger charge is 2.34. The van der Waals surface area contributed by atoms with Crippen molar-refractivity contribution >= 4 is 21.7 Å². The topological polar surface area (TPSA) is 97.4 Å². The van der Waals surface area contributed by atoms with E-state index in [4.69, 9.17) is 4.74 Å². The van der Waals surface area contributed by atoms with Gasteiger partial charge in [0, 0.05) is 6.07 Å². The van der Waals surface area contributed by atoms with Crippen LogP contribution in [0.2, 0.25) is 0 Å². The Bertz CT molecular complexity index is 546. The van der Waals surface area contributed by atoms with Crippen molar-refractivity contribution in [3.63, 3.8) is 0 Å². The minimum Gasteiger partial charge on any atom is -0.481 e. The number of urea groups is 1. The van der Waals surface area contributed by atoms with E-state index in [2.05, 4.69) is 15.6 Å². The summed E-state index contributed by atoms with van der Waals surface area (Å²) in [6, 6.07) is 4.16. The molecule has 0 aromatic carbocycles. The summed E-state index contributed by atoms with van der Waals surface area (Å²) in [4.78, 5) is 15.5. The van der Waals surface area contributed by atoms with Crippen LogP contribution in [0.5, 0.6) is 5.88 Å². The Morgan fingerprint density at radius 3 is 2.78 bits per heavy atom. The second-order valence-electron chi connectivity index (χ2n) is 3.94. The monoisotopic (exact) mass is 271 g/mol. The summed E-state index contributed by atoms with van der Waals surface area (Å²) < 4.78 is 26.8. The van der Waals surface area contributed by atoms with Gasteiger partial charge in [-0.3, -0.25) is 5.32 Å². The first-order valence-corrected chi connectivity index (χ1v) is 7.09. The lowest BCUT2D eigenvalue weighted by molar-refractivity contribution is 0.249. The van der Waals surface area contributed by atoms with Gasteiger partial charge in [0.15, 0.2) is 9.84 Å². The zero-order chi connectivity index (χ0) is 13.2. The van der Waals surface area contributed by atoms with Crippen LogP contribution >= 0.6 is 0 Å². The number of aromatic nitrogens is 1. The van der Waals surface area contributed by atoms with Crippen LogP contribution < -0.4 is 15.4 Å². The molecule has 1 aromatic heterocycles. The van der Waals surface area contributed by atoms with Crippen molar-refractivity contribution in [2.24, 2.45) is 0 Å². The molecule has 1 aliphatic rings. The average Bonchev–Trinajstić information content (AvgIpc) is 2.26. The first kappa shape index (κ1) is 12.6. The molecule has 2 N–H and O–H groups in total. The van der Waals surface area contributed by atoms with Crippen molar-refractivity contribution in [1.29, 1.82) is 0 Å². The molecule has 1 aliphatic heterocycles. The molecule has 0 saturated carbocycles. The Morgan fingerprint density at radius 2 is 2.17 bits per heavy atom. The molecule has 2 rings (SSSR count). The van der Waals surface area contributed by atoms with Crippen molar-refractivity contribution in [3.8, 4) is 5.88 Å². The number of carbonyl (C=O) groups excluding carboxylic acids is 1. The number of carbonyl (C=O) groups is 1. The summed E-state index contributed by atoms with van der Waals surface area (Å²) in [5.41, 5.74) is 0. The second kappa shape index (κ2) is 4.81. The summed E-state index contributed by atoms with van der Waals surface area (Å²) in [5.74, 6) is 0.714. The van der Waals surface area contributed by atoms with Gasteiger partial charge >= 0.3 is 6.03 Å². The number of anilines is 1. The largest absolute Gasteiger partial charge is 0.481 e. The number of ether oxygens (including phenoxy) is 1. The van der Waals surface area contributed by atoms with Gasteiger partial charge in [0.25, 0.3) is 0 Å². The zero-order valence-electron chi connectivity index (χ0n) is 9.71. The van der Waals surface area contributed by atoms with E-state index in [9.17, 15) is 13.2 Å². The van der Waals surface area contributed by atoms with Crippen LogP contribution in [-0.4, -0.2) is 44.1 Å². The highest BCUT2D eigenvalue weighted by atomic mass is 32.2. The summed E-state index contributed by atoms with van der Waals surface area (Å²) in [6.07, 6.45) is 0. The number of sulfone groups is 1. The van der Waals surface area contributed by atoms with Gasteiger partial charge in [-0.05, 0) is 6.07 Å². The molecule has 0 radical (unpaired) electrons. The molecule has 0 bridgehead atoms. The molecule has 8 heteroatoms. The fourth-order valence-electron chi connectivity index (χ4n) is 1.58. The number of methoxy groups -OCH3 is 1. The van der Waals surface area contributed by atoms with Crippen LogP contribution in [0.3, 0.4) is 0 Å². The van der Waals surface area contributed by atoms with E-state index < -0.39 is 15.9 Å². The normalized spacial score (nSPS) is 17.6. The maximum absolute atomic E-state index is 11.5. The molecule has 7 nitrogen and oxygen atoms in total. The van der Waals surface area contributed by atoms with E-state index in [0.29, 0.717) is 11.7 Å². The highest BCUT2D eigenvalue weighted by Crippen LogP contribution is 2.12. The van der Waals surface area contributed by atoms with Crippen molar-refractivity contribution in [1.82, 2.24) is 10.3 Å². The lowest BCUT2D eigenvalue weighted by Gasteiger charge is -2.26. The molecule has 0 atom stereocenters. The van der Waals surface area contributed by atoms with E-state index >= 15 is 0 Å². The van der Waals surface area contributed by atoms with Crippen molar-refractivity contribution in [3.05, 3.63) is 18.2 Å². The lowest BCUT2D eigenvalue weighted by Crippen LogP contribution is -2.54. The number of amides is 2. The van der Waals surface area contributed by atoms with E-state index in [-0.39, 0.29) is 17.5 Å². The van der Waals surface area contributed by atoms with Gasteiger partial charge in [0.1, 0.15) is 5.82 Å². The number of nitrogens with one attached hydrogen (secondary N) is 2. The van der Waals surface area contributed by atoms with Crippen molar-refractivity contribution in [2.75, 3.05) is 23.9 Å². The molecule has 98 valence electrons. The van der Waals surface area contributed by atoms with E-state index in [1.54, 1.807) is 18.2 Å². The summed E-state index contributed by atoms with van der Waals surface area (Å²) in [6.45, 7) is 0. The van der Waals surface area contributed by atoms with Crippen molar-refractivity contribution in [2.45, 2.75) is 6.04 Å². The molecule has 1 aromatic rings. The number of hydrogen-bond acceptors (Lipinski definition) is 5. The van der Waals surface area contributed by atoms with Crippen LogP contribution in [0, 0.1) is 0 Å². The van der Waals surface area contributed by atoms with Crippen LogP contribution in [0.4, 0.5) is 10.6 Å². The molecule has 2 heterocycles. The minimum atomic E-state index is -2.94. The Kier molecular flexibility index (Phi) is 3.37. The lowest BCUT2D eigenvalue weighted by atomic mass is 10.4. The molecular formula is C10H13N3O4S. The van der Waals surface area contributed by atoms with Gasteiger partial charge in [0.2, 0.25) is 5.88 Å². The van der Waals surface area contributed by atoms with Gasteiger partial charge in [-0.1, -0.05) is 6.07 Å². The molecule has 2 amide bonds. The van der Waals surface area contributed by atoms with Gasteiger partial charge < -0.3 is 10.1 Å². The molecular weight excluding hydrogens is 258 g/mol. The van der Waals surface area contributed by atoms with Gasteiger partial charge in [-0.15, -0.1) is 0 Å². The first-order chi connectivity index (χ1) is 8.48. The third-order valence-corrected chi connectivity index (χ3v) is 4.24. The first-order valence-electron chi connectivity index (χ1n) is 5.27. The van der Waals surface area contributed by atoms with Gasteiger partial charge in [0.05, 0.1) is 24.7 Å². The van der Waals surface area contributed by atoms with E-state index in [1.807, 2.05) is 0 Å². The fourth-order valence-corrected chi connectivity index (χ4v) is 2.88. The van der Waals surface area contributed by atoms with Crippen LogP contribution in [0.15, 0.2) is 18.2 Å². The molecule has 1 saturated heterocycles. The minimum absolute atomic E-state index is 0.00798. The predicted octanol–water partition coefficient (Wildman–Crippen LogP) is 0.00870. The molecule has 0 unspecified atom stereocenters. The maximum atomic E-state index is 11.5. The zero-order valence-corrected chi connectivity index (χ0v) is 10.5. The Labute approximate surface area is 104 Å². The Balaban J connectivity index is 1.87. The summed E-state index contributed by atoms with van der Waals surface area (Å²) >= 11 is 0. The Hall–Kier alpha value is -1.83. The fraction of sp³-hybridized carbons (Fsp3) is 0.400. The van der Waals surface area contributed by atoms with Gasteiger partial charge in [-0.2, -0.15) is 4.98 Å². The number of hydrogen-bond donors (Lipinski definition) is 2. The number of pyridine rings is 1. The standard InChI is InChI=1S/C10H13N3O4S/c1-17-9-4-2-3-8(12-9)13-10(14)11-7-5-18(15,16)6-7/h2-4,7H,5-6H2,1H3,(H2,11,12,13,14). The molecule has 18 heavy (non-hydrogen) atoms. The quantitative estimate of drug-likeness (QED) is 0.807. The third kappa shape index (κ3) is 3.10. The van der Waals surface area contributed by atoms with E-state index in [1.165, 1.54) is 7.11 Å². The predicted molar refractivity (Wildman–Crippen MR) is 65.4 cm³/mol. The van der Waals surface area contributed by atoms with Crippen LogP contribution in [0.25, 0.3) is 0 Å². The smallest absolute Gasteiger partial charge is 0.320 e. The molecule has 0 spiro atoms. The number of rotatable bonds is 3. The maximum Gasteiger partial charge on any atom is 0.320 e. The third-order valence-electron chi connectivity index (χ3n) is 2.42. The van der Waals surface area contributed by atoms with Crippen molar-refractivity contribution < 1.29 is 17.9 Å². The average molecular weight is 271 g/mol. The number of nitrogens with zero attached hydrogens (tertiary/aromatic N) is 1. The van der Waals surface area contributed by atoms with E-state index in [0.717, 1.165) is 0 Å². The Morgan fingerprint density at radius 1 is 1.44 bits per heavy atom. The summed E-state index contributed by atoms with van der Waals surface area (Å²) in [7, 11) is -1.46. The van der Waals surface area contributed by atoms with Gasteiger partial charge in [-0.25, -0.2) is 13.2 Å². The van der Waals surface area contributed by atoms with Crippen LogP contribution in [-0.2, 0) is 9.84 Å². The second-order valence-corrected chi connectivity index (χ2v) is 6.09. The molecule has 1 fully saturated rings.